The van der Waals surface area contributed by atoms with Crippen LogP contribution in [0.15, 0.2) is 0 Å². The predicted octanol–water partition coefficient (Wildman–Crippen LogP) is 1.24. The first-order chi connectivity index (χ1) is 4.54. The van der Waals surface area contributed by atoms with Gasteiger partial charge < -0.3 is 10.2 Å². The van der Waals surface area contributed by atoms with Crippen LogP contribution in [0.25, 0.3) is 0 Å². The fourth-order valence-corrected chi connectivity index (χ4v) is 0.567. The van der Waals surface area contributed by atoms with Crippen molar-refractivity contribution in [2.24, 2.45) is 0 Å². The molecule has 0 radical (unpaired) electrons. The molecule has 0 spiro atoms. The summed E-state index contributed by atoms with van der Waals surface area (Å²) in [5.74, 6) is -0.833. The van der Waals surface area contributed by atoms with Gasteiger partial charge in [-0.2, -0.15) is 0 Å². The molecule has 0 fully saturated rings. The lowest BCUT2D eigenvalue weighted by molar-refractivity contribution is -0.134. The standard InChI is InChI=1S/C4H9BrO.C2H4O2/c1-2-4(6)3-5;1-2(3)4/h4,6H,2-3H2,1H3;1H3,(H,3,4). The first-order valence-corrected chi connectivity index (χ1v) is 4.10. The Morgan fingerprint density at radius 1 is 1.70 bits per heavy atom. The molecule has 2 N–H and O–H groups in total. The lowest BCUT2D eigenvalue weighted by Gasteiger charge is -1.96. The smallest absolute Gasteiger partial charge is 0.300 e. The van der Waals surface area contributed by atoms with Crippen molar-refractivity contribution in [3.05, 3.63) is 0 Å². The summed E-state index contributed by atoms with van der Waals surface area (Å²) in [7, 11) is 0. The molecule has 0 heterocycles. The number of hydrogen-bond acceptors (Lipinski definition) is 2. The van der Waals surface area contributed by atoms with Crippen molar-refractivity contribution in [1.82, 2.24) is 0 Å². The van der Waals surface area contributed by atoms with Crippen LogP contribution in [0.4, 0.5) is 0 Å². The lowest BCUT2D eigenvalue weighted by Crippen LogP contribution is -2.03. The van der Waals surface area contributed by atoms with Gasteiger partial charge in [0.25, 0.3) is 5.97 Å². The van der Waals surface area contributed by atoms with Crippen molar-refractivity contribution >= 4 is 21.9 Å². The van der Waals surface area contributed by atoms with E-state index in [9.17, 15) is 0 Å². The van der Waals surface area contributed by atoms with Gasteiger partial charge in [-0.05, 0) is 6.42 Å². The molecule has 0 rings (SSSR count). The molecule has 0 aromatic rings. The van der Waals surface area contributed by atoms with E-state index in [0.717, 1.165) is 13.3 Å². The highest BCUT2D eigenvalue weighted by molar-refractivity contribution is 9.09. The first kappa shape index (κ1) is 12.6. The molecule has 3 nitrogen and oxygen atoms in total. The molecule has 0 saturated heterocycles. The molecule has 0 aromatic carbocycles. The Bertz CT molecular complexity index is 77.1. The zero-order valence-corrected chi connectivity index (χ0v) is 7.76. The van der Waals surface area contributed by atoms with Crippen LogP contribution in [0, 0.1) is 0 Å². The molecule has 62 valence electrons. The fourth-order valence-electron chi connectivity index (χ4n) is 0.109. The molecule has 0 aliphatic carbocycles. The van der Waals surface area contributed by atoms with E-state index in [-0.39, 0.29) is 6.10 Å². The van der Waals surface area contributed by atoms with Crippen molar-refractivity contribution < 1.29 is 15.0 Å². The summed E-state index contributed by atoms with van der Waals surface area (Å²) < 4.78 is 0. The maximum absolute atomic E-state index is 9.00. The Morgan fingerprint density at radius 2 is 2.00 bits per heavy atom. The van der Waals surface area contributed by atoms with Gasteiger partial charge in [0.15, 0.2) is 0 Å². The van der Waals surface area contributed by atoms with E-state index in [1.165, 1.54) is 0 Å². The molecule has 0 amide bonds. The number of hydrogen-bond donors (Lipinski definition) is 2. The second-order valence-electron chi connectivity index (χ2n) is 1.74. The second kappa shape index (κ2) is 8.91. The van der Waals surface area contributed by atoms with Crippen molar-refractivity contribution in [2.75, 3.05) is 5.33 Å². The average Bonchev–Trinajstić information content (AvgIpc) is 1.85. The number of aliphatic hydroxyl groups is 1. The number of halogens is 1. The predicted molar refractivity (Wildman–Crippen MR) is 43.4 cm³/mol. The Kier molecular flexibility index (Phi) is 11.2. The highest BCUT2D eigenvalue weighted by atomic mass is 79.9. The number of aliphatic hydroxyl groups excluding tert-OH is 1. The Labute approximate surface area is 69.2 Å². The van der Waals surface area contributed by atoms with E-state index in [0.29, 0.717) is 5.33 Å². The summed E-state index contributed by atoms with van der Waals surface area (Å²) in [6.45, 7) is 3.03. The second-order valence-corrected chi connectivity index (χ2v) is 2.38. The van der Waals surface area contributed by atoms with Crippen LogP contribution in [0.5, 0.6) is 0 Å². The summed E-state index contributed by atoms with van der Waals surface area (Å²) in [5, 5.41) is 16.7. The topological polar surface area (TPSA) is 57.5 Å². The van der Waals surface area contributed by atoms with Gasteiger partial charge in [-0.3, -0.25) is 4.79 Å². The largest absolute Gasteiger partial charge is 0.481 e. The minimum Gasteiger partial charge on any atom is -0.481 e. The third kappa shape index (κ3) is 24.7. The monoisotopic (exact) mass is 212 g/mol. The number of carbonyl (C=O) groups is 1. The van der Waals surface area contributed by atoms with Crippen LogP contribution in [0.1, 0.15) is 20.3 Å². The van der Waals surface area contributed by atoms with Gasteiger partial charge in [-0.25, -0.2) is 0 Å². The molecular weight excluding hydrogens is 200 g/mol. The summed E-state index contributed by atoms with van der Waals surface area (Å²) >= 11 is 3.12. The molecule has 0 aromatic heterocycles. The SMILES string of the molecule is CC(=O)O.CCC(O)CBr. The van der Waals surface area contributed by atoms with Gasteiger partial charge in [0.05, 0.1) is 6.10 Å². The van der Waals surface area contributed by atoms with Gasteiger partial charge in [0.1, 0.15) is 0 Å². The van der Waals surface area contributed by atoms with E-state index in [1.54, 1.807) is 0 Å². The van der Waals surface area contributed by atoms with E-state index in [4.69, 9.17) is 15.0 Å². The van der Waals surface area contributed by atoms with Gasteiger partial charge in [0, 0.05) is 12.3 Å². The van der Waals surface area contributed by atoms with E-state index >= 15 is 0 Å². The van der Waals surface area contributed by atoms with Crippen LogP contribution in [-0.4, -0.2) is 27.6 Å². The van der Waals surface area contributed by atoms with Crippen LogP contribution in [0.3, 0.4) is 0 Å². The zero-order valence-electron chi connectivity index (χ0n) is 6.17. The lowest BCUT2D eigenvalue weighted by atomic mass is 10.3. The molecule has 4 heteroatoms. The molecule has 0 aliphatic heterocycles. The minimum atomic E-state index is -0.833. The van der Waals surface area contributed by atoms with Crippen molar-refractivity contribution in [3.63, 3.8) is 0 Å². The number of carboxylic acids is 1. The van der Waals surface area contributed by atoms with E-state index in [1.807, 2.05) is 6.92 Å². The van der Waals surface area contributed by atoms with Crippen molar-refractivity contribution in [3.8, 4) is 0 Å². The van der Waals surface area contributed by atoms with Crippen molar-refractivity contribution in [2.45, 2.75) is 26.4 Å². The van der Waals surface area contributed by atoms with Crippen LogP contribution in [0.2, 0.25) is 0 Å². The average molecular weight is 213 g/mol. The molecule has 1 atom stereocenters. The van der Waals surface area contributed by atoms with Gasteiger partial charge >= 0.3 is 0 Å². The summed E-state index contributed by atoms with van der Waals surface area (Å²) in [4.78, 5) is 9.00. The highest BCUT2D eigenvalue weighted by Crippen LogP contribution is 1.92. The fraction of sp³-hybridized carbons (Fsp3) is 0.833. The number of carboxylic acid groups (broad SMARTS) is 1. The molecule has 10 heavy (non-hydrogen) atoms. The molecule has 0 saturated carbocycles. The Morgan fingerprint density at radius 3 is 2.00 bits per heavy atom. The molecular formula is C6H13BrO3. The van der Waals surface area contributed by atoms with Gasteiger partial charge in [-0.15, -0.1) is 0 Å². The van der Waals surface area contributed by atoms with Crippen LogP contribution >= 0.6 is 15.9 Å². The number of alkyl halides is 1. The summed E-state index contributed by atoms with van der Waals surface area (Å²) in [6.07, 6.45) is 0.690. The van der Waals surface area contributed by atoms with E-state index < -0.39 is 5.97 Å². The number of rotatable bonds is 2. The summed E-state index contributed by atoms with van der Waals surface area (Å²) in [5.41, 5.74) is 0. The van der Waals surface area contributed by atoms with Crippen LogP contribution < -0.4 is 0 Å². The maximum atomic E-state index is 9.00. The molecule has 0 bridgehead atoms. The normalized spacial score (nSPS) is 11.2. The van der Waals surface area contributed by atoms with Crippen LogP contribution in [-0.2, 0) is 4.79 Å². The van der Waals surface area contributed by atoms with Gasteiger partial charge in [0.2, 0.25) is 0 Å². The quantitative estimate of drug-likeness (QED) is 0.678. The Hall–Kier alpha value is -0.0900. The highest BCUT2D eigenvalue weighted by Gasteiger charge is 1.92. The maximum Gasteiger partial charge on any atom is 0.300 e. The molecule has 0 aliphatic rings. The molecule has 1 unspecified atom stereocenters. The first-order valence-electron chi connectivity index (χ1n) is 2.98. The summed E-state index contributed by atoms with van der Waals surface area (Å²) in [6, 6.07) is 0. The third-order valence-corrected chi connectivity index (χ3v) is 1.40. The number of aliphatic carboxylic acids is 1. The minimum absolute atomic E-state index is 0.148. The zero-order chi connectivity index (χ0) is 8.57. The third-order valence-electron chi connectivity index (χ3n) is 0.649. The van der Waals surface area contributed by atoms with E-state index in [2.05, 4.69) is 15.9 Å². The van der Waals surface area contributed by atoms with Crippen molar-refractivity contribution in [1.29, 1.82) is 0 Å². The van der Waals surface area contributed by atoms with Gasteiger partial charge in [-0.1, -0.05) is 22.9 Å². The Balaban J connectivity index is 0.